The maximum absolute atomic E-state index is 5.31. The minimum absolute atomic E-state index is 0.855. The van der Waals surface area contributed by atoms with Gasteiger partial charge >= 0.3 is 0 Å². The van der Waals surface area contributed by atoms with E-state index in [0.717, 1.165) is 22.5 Å². The van der Waals surface area contributed by atoms with E-state index in [0.29, 0.717) is 0 Å². The lowest BCUT2D eigenvalue weighted by Crippen LogP contribution is -1.91. The van der Waals surface area contributed by atoms with Crippen LogP contribution in [0.1, 0.15) is 12.5 Å². The largest absolute Gasteiger partial charge is 0.496 e. The molecule has 0 atom stereocenters. The van der Waals surface area contributed by atoms with Crippen molar-refractivity contribution in [3.05, 3.63) is 60.7 Å². The monoisotopic (exact) mass is 200 g/mol. The average molecular weight is 200 g/mol. The maximum atomic E-state index is 5.31. The summed E-state index contributed by atoms with van der Waals surface area (Å²) >= 11 is 0. The number of para-hydroxylation sites is 1. The zero-order chi connectivity index (χ0) is 11.3. The van der Waals surface area contributed by atoms with E-state index in [1.54, 1.807) is 7.11 Å². The van der Waals surface area contributed by atoms with Crippen molar-refractivity contribution in [3.63, 3.8) is 0 Å². The van der Waals surface area contributed by atoms with E-state index < -0.39 is 0 Å². The molecule has 0 spiro atoms. The van der Waals surface area contributed by atoms with Gasteiger partial charge in [-0.2, -0.15) is 0 Å². The van der Waals surface area contributed by atoms with Crippen molar-refractivity contribution in [3.8, 4) is 5.75 Å². The highest BCUT2D eigenvalue weighted by Gasteiger charge is 2.06. The van der Waals surface area contributed by atoms with Crippen LogP contribution in [-0.4, -0.2) is 7.11 Å². The first-order chi connectivity index (χ1) is 7.24. The third-order valence-electron chi connectivity index (χ3n) is 2.33. The first-order valence-electron chi connectivity index (χ1n) is 4.83. The van der Waals surface area contributed by atoms with Crippen molar-refractivity contribution in [1.82, 2.24) is 0 Å². The summed E-state index contributed by atoms with van der Waals surface area (Å²) in [6.07, 6.45) is 3.65. The Balaban J connectivity index is 3.36. The van der Waals surface area contributed by atoms with E-state index in [1.807, 2.05) is 43.3 Å². The predicted molar refractivity (Wildman–Crippen MR) is 66.0 cm³/mol. The van der Waals surface area contributed by atoms with Gasteiger partial charge < -0.3 is 4.74 Å². The lowest BCUT2D eigenvalue weighted by Gasteiger charge is -2.10. The van der Waals surface area contributed by atoms with Gasteiger partial charge in [-0.15, -0.1) is 0 Å². The Morgan fingerprint density at radius 2 is 1.87 bits per heavy atom. The lowest BCUT2D eigenvalue weighted by atomic mass is 10.00. The Morgan fingerprint density at radius 1 is 1.20 bits per heavy atom. The van der Waals surface area contributed by atoms with Crippen molar-refractivity contribution < 1.29 is 4.74 Å². The van der Waals surface area contributed by atoms with E-state index in [9.17, 15) is 0 Å². The van der Waals surface area contributed by atoms with Crippen LogP contribution < -0.4 is 4.74 Å². The van der Waals surface area contributed by atoms with Crippen LogP contribution in [0.4, 0.5) is 0 Å². The number of methoxy groups -OCH3 is 1. The highest BCUT2D eigenvalue weighted by atomic mass is 16.5. The molecule has 0 bridgehead atoms. The SMILES string of the molecule is C=C/C(C)=C(\C=C)c1ccccc1OC. The fourth-order valence-electron chi connectivity index (χ4n) is 1.46. The molecule has 0 aromatic heterocycles. The summed E-state index contributed by atoms with van der Waals surface area (Å²) in [6.45, 7) is 9.59. The van der Waals surface area contributed by atoms with Crippen LogP contribution in [0.2, 0.25) is 0 Å². The Hall–Kier alpha value is -1.76. The zero-order valence-corrected chi connectivity index (χ0v) is 9.29. The third kappa shape index (κ3) is 2.38. The smallest absolute Gasteiger partial charge is 0.126 e. The first kappa shape index (κ1) is 11.3. The molecular formula is C14H16O. The highest BCUT2D eigenvalue weighted by molar-refractivity contribution is 5.80. The van der Waals surface area contributed by atoms with E-state index in [2.05, 4.69) is 13.2 Å². The molecule has 0 fully saturated rings. The second kappa shape index (κ2) is 5.20. The summed E-state index contributed by atoms with van der Waals surface area (Å²) in [5.74, 6) is 0.855. The molecule has 1 heteroatoms. The molecule has 0 N–H and O–H groups in total. The summed E-state index contributed by atoms with van der Waals surface area (Å²) < 4.78 is 5.31. The molecule has 0 saturated carbocycles. The quantitative estimate of drug-likeness (QED) is 0.671. The van der Waals surface area contributed by atoms with Gasteiger partial charge in [0.05, 0.1) is 7.11 Å². The summed E-state index contributed by atoms with van der Waals surface area (Å²) in [5.41, 5.74) is 3.20. The number of hydrogen-bond donors (Lipinski definition) is 0. The second-order valence-electron chi connectivity index (χ2n) is 3.21. The van der Waals surface area contributed by atoms with E-state index in [4.69, 9.17) is 4.74 Å². The lowest BCUT2D eigenvalue weighted by molar-refractivity contribution is 0.413. The molecule has 0 radical (unpaired) electrons. The van der Waals surface area contributed by atoms with Crippen LogP contribution in [0.5, 0.6) is 5.75 Å². The molecule has 0 amide bonds. The van der Waals surface area contributed by atoms with Crippen LogP contribution >= 0.6 is 0 Å². The summed E-state index contributed by atoms with van der Waals surface area (Å²) in [6, 6.07) is 7.89. The van der Waals surface area contributed by atoms with E-state index in [-0.39, 0.29) is 0 Å². The van der Waals surface area contributed by atoms with Crippen LogP contribution in [0, 0.1) is 0 Å². The van der Waals surface area contributed by atoms with E-state index >= 15 is 0 Å². The summed E-state index contributed by atoms with van der Waals surface area (Å²) in [4.78, 5) is 0. The highest BCUT2D eigenvalue weighted by Crippen LogP contribution is 2.28. The fraction of sp³-hybridized carbons (Fsp3) is 0.143. The topological polar surface area (TPSA) is 9.23 Å². The van der Waals surface area contributed by atoms with Gasteiger partial charge in [-0.1, -0.05) is 43.5 Å². The van der Waals surface area contributed by atoms with Gasteiger partial charge in [0.2, 0.25) is 0 Å². The van der Waals surface area contributed by atoms with Gasteiger partial charge in [0, 0.05) is 5.56 Å². The van der Waals surface area contributed by atoms with Crippen LogP contribution in [0.25, 0.3) is 5.57 Å². The zero-order valence-electron chi connectivity index (χ0n) is 9.29. The number of hydrogen-bond acceptors (Lipinski definition) is 1. The summed E-state index contributed by atoms with van der Waals surface area (Å²) in [7, 11) is 1.67. The normalized spacial score (nSPS) is 11.6. The molecule has 0 heterocycles. The Labute approximate surface area is 91.4 Å². The molecular weight excluding hydrogens is 184 g/mol. The van der Waals surface area contributed by atoms with Crippen molar-refractivity contribution in [2.24, 2.45) is 0 Å². The van der Waals surface area contributed by atoms with Crippen molar-refractivity contribution in [1.29, 1.82) is 0 Å². The van der Waals surface area contributed by atoms with Crippen molar-refractivity contribution in [2.45, 2.75) is 6.92 Å². The molecule has 1 aromatic carbocycles. The Bertz CT molecular complexity index is 400. The predicted octanol–water partition coefficient (Wildman–Crippen LogP) is 3.84. The Morgan fingerprint density at radius 3 is 2.40 bits per heavy atom. The average Bonchev–Trinajstić information content (AvgIpc) is 2.30. The fourth-order valence-corrected chi connectivity index (χ4v) is 1.46. The number of rotatable bonds is 4. The van der Waals surface area contributed by atoms with Crippen LogP contribution in [0.15, 0.2) is 55.1 Å². The van der Waals surface area contributed by atoms with Crippen LogP contribution in [-0.2, 0) is 0 Å². The van der Waals surface area contributed by atoms with Gasteiger partial charge in [0.25, 0.3) is 0 Å². The molecule has 1 nitrogen and oxygen atoms in total. The van der Waals surface area contributed by atoms with Crippen molar-refractivity contribution in [2.75, 3.05) is 7.11 Å². The van der Waals surface area contributed by atoms with Gasteiger partial charge in [-0.05, 0) is 24.1 Å². The number of allylic oxidation sites excluding steroid dienone is 4. The van der Waals surface area contributed by atoms with Crippen LogP contribution in [0.3, 0.4) is 0 Å². The van der Waals surface area contributed by atoms with Gasteiger partial charge in [-0.3, -0.25) is 0 Å². The Kier molecular flexibility index (Phi) is 3.92. The molecule has 0 unspecified atom stereocenters. The number of ether oxygens (including phenoxy) is 1. The first-order valence-corrected chi connectivity index (χ1v) is 4.83. The van der Waals surface area contributed by atoms with Crippen molar-refractivity contribution >= 4 is 5.57 Å². The van der Waals surface area contributed by atoms with Gasteiger partial charge in [0.1, 0.15) is 5.75 Å². The van der Waals surface area contributed by atoms with Gasteiger partial charge in [-0.25, -0.2) is 0 Å². The molecule has 78 valence electrons. The second-order valence-corrected chi connectivity index (χ2v) is 3.21. The number of benzene rings is 1. The minimum Gasteiger partial charge on any atom is -0.496 e. The molecule has 0 aliphatic heterocycles. The molecule has 1 rings (SSSR count). The molecule has 0 aliphatic carbocycles. The maximum Gasteiger partial charge on any atom is 0.126 e. The molecule has 1 aromatic rings. The molecule has 15 heavy (non-hydrogen) atoms. The minimum atomic E-state index is 0.855. The van der Waals surface area contributed by atoms with E-state index in [1.165, 1.54) is 0 Å². The molecule has 0 saturated heterocycles. The van der Waals surface area contributed by atoms with Gasteiger partial charge in [0.15, 0.2) is 0 Å². The molecule has 0 aliphatic rings. The standard InChI is InChI=1S/C14H16O/c1-5-11(3)12(6-2)13-9-7-8-10-14(13)15-4/h5-10H,1-2H2,3-4H3/b12-11+. The summed E-state index contributed by atoms with van der Waals surface area (Å²) in [5, 5.41) is 0. The third-order valence-corrected chi connectivity index (χ3v) is 2.33.